The Labute approximate surface area is 186 Å². The number of halogens is 7. The number of rotatable bonds is 4. The Hall–Kier alpha value is -3.84. The molecule has 0 fully saturated rings. The third kappa shape index (κ3) is 4.10. The zero-order chi connectivity index (χ0) is 24.8. The SMILES string of the molecule is C[C@@H](c1ncnn1-c1ncccn1)N(C)c1c(F)cnc2c(C(F)(F)F)cc(C(F)(F)F)cc12. The van der Waals surface area contributed by atoms with Gasteiger partial charge < -0.3 is 4.90 Å². The molecule has 7 nitrogen and oxygen atoms in total. The quantitative estimate of drug-likeness (QED) is 0.380. The van der Waals surface area contributed by atoms with Crippen molar-refractivity contribution >= 4 is 16.6 Å². The molecule has 34 heavy (non-hydrogen) atoms. The standard InChI is InChI=1S/C20H14F7N7/c1-10(17-31-9-32-34(17)18-28-4-3-5-29-18)33(2)16-12-6-11(19(22,23)24)7-13(20(25,26)27)15(12)30-8-14(16)21/h3-10H,1-2H3/t10-/m0/s1. The van der Waals surface area contributed by atoms with Crippen LogP contribution < -0.4 is 4.90 Å². The number of pyridine rings is 1. The molecule has 178 valence electrons. The summed E-state index contributed by atoms with van der Waals surface area (Å²) in [6.07, 6.45) is -5.68. The third-order valence-corrected chi connectivity index (χ3v) is 5.15. The molecule has 0 aliphatic carbocycles. The summed E-state index contributed by atoms with van der Waals surface area (Å²) in [6.45, 7) is 1.52. The first-order valence-corrected chi connectivity index (χ1v) is 9.56. The zero-order valence-electron chi connectivity index (χ0n) is 17.4. The van der Waals surface area contributed by atoms with Crippen molar-refractivity contribution < 1.29 is 30.7 Å². The molecule has 3 heterocycles. The molecule has 0 bridgehead atoms. The molecule has 14 heteroatoms. The molecule has 0 saturated carbocycles. The minimum atomic E-state index is -5.16. The maximum atomic E-state index is 14.9. The Morgan fingerprint density at radius 1 is 0.941 bits per heavy atom. The predicted molar refractivity (Wildman–Crippen MR) is 105 cm³/mol. The van der Waals surface area contributed by atoms with Crippen molar-refractivity contribution in [2.75, 3.05) is 11.9 Å². The minimum Gasteiger partial charge on any atom is -0.362 e. The fourth-order valence-electron chi connectivity index (χ4n) is 3.46. The van der Waals surface area contributed by atoms with Crippen LogP contribution in [-0.2, 0) is 12.4 Å². The van der Waals surface area contributed by atoms with E-state index in [9.17, 15) is 30.7 Å². The lowest BCUT2D eigenvalue weighted by molar-refractivity contribution is -0.142. The average molecular weight is 485 g/mol. The molecule has 0 aliphatic heterocycles. The van der Waals surface area contributed by atoms with E-state index in [2.05, 4.69) is 25.0 Å². The van der Waals surface area contributed by atoms with Crippen LogP contribution in [0.25, 0.3) is 16.9 Å². The molecule has 1 atom stereocenters. The fourth-order valence-corrected chi connectivity index (χ4v) is 3.46. The number of hydrogen-bond donors (Lipinski definition) is 0. The molecule has 0 amide bonds. The molecule has 4 aromatic rings. The number of hydrogen-bond acceptors (Lipinski definition) is 6. The second-order valence-corrected chi connectivity index (χ2v) is 7.24. The molecule has 0 saturated heterocycles. The topological polar surface area (TPSA) is 72.6 Å². The van der Waals surface area contributed by atoms with Crippen LogP contribution in [0.3, 0.4) is 0 Å². The van der Waals surface area contributed by atoms with Gasteiger partial charge in [0, 0.05) is 24.8 Å². The third-order valence-electron chi connectivity index (χ3n) is 5.15. The van der Waals surface area contributed by atoms with E-state index in [1.54, 1.807) is 6.07 Å². The van der Waals surface area contributed by atoms with Crippen molar-refractivity contribution in [3.8, 4) is 5.95 Å². The monoisotopic (exact) mass is 485 g/mol. The van der Waals surface area contributed by atoms with Gasteiger partial charge in [0.1, 0.15) is 6.33 Å². The Morgan fingerprint density at radius 3 is 2.24 bits per heavy atom. The first-order chi connectivity index (χ1) is 15.9. The van der Waals surface area contributed by atoms with E-state index in [1.807, 2.05) is 0 Å². The molecule has 1 aromatic carbocycles. The van der Waals surface area contributed by atoms with Crippen LogP contribution in [0.15, 0.2) is 43.1 Å². The van der Waals surface area contributed by atoms with Gasteiger partial charge in [-0.25, -0.2) is 19.3 Å². The Bertz CT molecular complexity index is 1330. The first kappa shape index (κ1) is 23.3. The van der Waals surface area contributed by atoms with Gasteiger partial charge in [0.15, 0.2) is 11.6 Å². The van der Waals surface area contributed by atoms with Crippen molar-refractivity contribution in [2.24, 2.45) is 0 Å². The molecule has 0 radical (unpaired) electrons. The van der Waals surface area contributed by atoms with Gasteiger partial charge in [-0.05, 0) is 25.1 Å². The molecule has 0 aliphatic rings. The van der Waals surface area contributed by atoms with Gasteiger partial charge >= 0.3 is 12.4 Å². The molecular weight excluding hydrogens is 471 g/mol. The highest BCUT2D eigenvalue weighted by molar-refractivity contribution is 5.95. The number of alkyl halides is 6. The molecular formula is C20H14F7N7. The predicted octanol–water partition coefficient (Wildman–Crippen LogP) is 4.98. The highest BCUT2D eigenvalue weighted by atomic mass is 19.4. The zero-order valence-corrected chi connectivity index (χ0v) is 17.4. The van der Waals surface area contributed by atoms with Gasteiger partial charge in [-0.15, -0.1) is 0 Å². The van der Waals surface area contributed by atoms with Crippen LogP contribution in [-0.4, -0.2) is 36.8 Å². The molecule has 0 unspecified atom stereocenters. The van der Waals surface area contributed by atoms with Crippen molar-refractivity contribution in [1.29, 1.82) is 0 Å². The van der Waals surface area contributed by atoms with Gasteiger partial charge in [0.2, 0.25) is 0 Å². The van der Waals surface area contributed by atoms with E-state index in [4.69, 9.17) is 0 Å². The smallest absolute Gasteiger partial charge is 0.362 e. The second-order valence-electron chi connectivity index (χ2n) is 7.24. The van der Waals surface area contributed by atoms with Crippen LogP contribution in [0.1, 0.15) is 29.9 Å². The van der Waals surface area contributed by atoms with Crippen LogP contribution in [0.5, 0.6) is 0 Å². The first-order valence-electron chi connectivity index (χ1n) is 9.56. The summed E-state index contributed by atoms with van der Waals surface area (Å²) in [7, 11) is 1.31. The van der Waals surface area contributed by atoms with Gasteiger partial charge in [-0.2, -0.15) is 36.1 Å². The van der Waals surface area contributed by atoms with E-state index < -0.39 is 51.9 Å². The van der Waals surface area contributed by atoms with Gasteiger partial charge in [-0.3, -0.25) is 4.98 Å². The largest absolute Gasteiger partial charge is 0.418 e. The lowest BCUT2D eigenvalue weighted by Crippen LogP contribution is -2.26. The normalized spacial score (nSPS) is 13.3. The van der Waals surface area contributed by atoms with E-state index >= 15 is 0 Å². The summed E-state index contributed by atoms with van der Waals surface area (Å²) in [5.41, 5.74) is -4.54. The van der Waals surface area contributed by atoms with E-state index in [1.165, 1.54) is 37.4 Å². The summed E-state index contributed by atoms with van der Waals surface area (Å²) >= 11 is 0. The lowest BCUT2D eigenvalue weighted by atomic mass is 10.0. The highest BCUT2D eigenvalue weighted by Gasteiger charge is 2.39. The van der Waals surface area contributed by atoms with E-state index in [0.717, 1.165) is 4.90 Å². The molecule has 4 rings (SSSR count). The summed E-state index contributed by atoms with van der Waals surface area (Å²) in [6, 6.07) is 1.09. The molecule has 3 aromatic heterocycles. The number of fused-ring (bicyclic) bond motifs is 1. The van der Waals surface area contributed by atoms with Crippen LogP contribution in [0.4, 0.5) is 36.4 Å². The Morgan fingerprint density at radius 2 is 1.62 bits per heavy atom. The Kier molecular flexibility index (Phi) is 5.61. The van der Waals surface area contributed by atoms with Crippen molar-refractivity contribution in [2.45, 2.75) is 25.3 Å². The van der Waals surface area contributed by atoms with Crippen molar-refractivity contribution in [3.05, 3.63) is 65.9 Å². The van der Waals surface area contributed by atoms with Gasteiger partial charge in [0.05, 0.1) is 34.6 Å². The molecule has 0 N–H and O–H groups in total. The summed E-state index contributed by atoms with van der Waals surface area (Å²) in [5, 5.41) is 3.36. The second kappa shape index (κ2) is 8.18. The Balaban J connectivity index is 1.91. The van der Waals surface area contributed by atoms with Gasteiger partial charge in [0.25, 0.3) is 5.95 Å². The summed E-state index contributed by atoms with van der Waals surface area (Å²) < 4.78 is 97.1. The van der Waals surface area contributed by atoms with Crippen LogP contribution in [0.2, 0.25) is 0 Å². The number of aromatic nitrogens is 6. The highest BCUT2D eigenvalue weighted by Crippen LogP contribution is 2.43. The summed E-state index contributed by atoms with van der Waals surface area (Å²) in [5.74, 6) is -0.827. The molecule has 0 spiro atoms. The van der Waals surface area contributed by atoms with E-state index in [0.29, 0.717) is 12.3 Å². The maximum Gasteiger partial charge on any atom is 0.418 e. The lowest BCUT2D eigenvalue weighted by Gasteiger charge is -2.28. The number of nitrogens with zero attached hydrogens (tertiary/aromatic N) is 7. The number of benzene rings is 1. The van der Waals surface area contributed by atoms with E-state index in [-0.39, 0.29) is 17.8 Å². The van der Waals surface area contributed by atoms with Crippen molar-refractivity contribution in [1.82, 2.24) is 29.7 Å². The number of anilines is 1. The maximum absolute atomic E-state index is 14.9. The summed E-state index contributed by atoms with van der Waals surface area (Å²) in [4.78, 5) is 16.8. The average Bonchev–Trinajstić information content (AvgIpc) is 3.26. The van der Waals surface area contributed by atoms with Gasteiger partial charge in [-0.1, -0.05) is 0 Å². The van der Waals surface area contributed by atoms with Crippen molar-refractivity contribution in [3.63, 3.8) is 0 Å². The van der Waals surface area contributed by atoms with Crippen LogP contribution >= 0.6 is 0 Å². The fraction of sp³-hybridized carbons (Fsp3) is 0.250. The van der Waals surface area contributed by atoms with Crippen LogP contribution in [0, 0.1) is 5.82 Å². The minimum absolute atomic E-state index is 0.0379.